The van der Waals surface area contributed by atoms with E-state index in [9.17, 15) is 9.59 Å². The van der Waals surface area contributed by atoms with Gasteiger partial charge in [0.05, 0.1) is 25.7 Å². The summed E-state index contributed by atoms with van der Waals surface area (Å²) < 4.78 is 16.4. The van der Waals surface area contributed by atoms with E-state index in [2.05, 4.69) is 0 Å². The van der Waals surface area contributed by atoms with Crippen LogP contribution in [0.3, 0.4) is 0 Å². The molecule has 1 heterocycles. The zero-order valence-electron chi connectivity index (χ0n) is 16.9. The van der Waals surface area contributed by atoms with Gasteiger partial charge in [-0.3, -0.25) is 14.5 Å². The quantitative estimate of drug-likeness (QED) is 0.626. The summed E-state index contributed by atoms with van der Waals surface area (Å²) in [4.78, 5) is 26.6. The van der Waals surface area contributed by atoms with Gasteiger partial charge in [0.15, 0.2) is 0 Å². The Morgan fingerprint density at radius 1 is 1.00 bits per heavy atom. The summed E-state index contributed by atoms with van der Waals surface area (Å²) in [5.41, 5.74) is 2.68. The lowest BCUT2D eigenvalue weighted by atomic mass is 10.1. The van der Waals surface area contributed by atoms with Crippen molar-refractivity contribution >= 4 is 29.0 Å². The lowest BCUT2D eigenvalue weighted by Gasteiger charge is -2.14. The van der Waals surface area contributed by atoms with Gasteiger partial charge in [0.1, 0.15) is 23.9 Å². The molecule has 0 atom stereocenters. The van der Waals surface area contributed by atoms with Crippen molar-refractivity contribution in [2.45, 2.75) is 13.8 Å². The van der Waals surface area contributed by atoms with Crippen LogP contribution in [0, 0.1) is 13.8 Å². The number of rotatable bonds is 7. The molecule has 0 radical (unpaired) electrons. The van der Waals surface area contributed by atoms with Crippen molar-refractivity contribution in [1.29, 1.82) is 0 Å². The molecule has 6 nitrogen and oxygen atoms in total. The number of thioether (sulfide) groups is 1. The molecule has 0 saturated carbocycles. The van der Waals surface area contributed by atoms with Gasteiger partial charge in [-0.25, -0.2) is 0 Å². The van der Waals surface area contributed by atoms with Crippen molar-refractivity contribution in [3.8, 4) is 17.2 Å². The van der Waals surface area contributed by atoms with Gasteiger partial charge in [-0.15, -0.1) is 0 Å². The first-order valence-corrected chi connectivity index (χ1v) is 9.92. The lowest BCUT2D eigenvalue weighted by molar-refractivity contribution is -0.123. The molecule has 0 aromatic heterocycles. The van der Waals surface area contributed by atoms with Crippen LogP contribution in [0.25, 0.3) is 6.08 Å². The van der Waals surface area contributed by atoms with E-state index in [1.54, 1.807) is 26.4 Å². The Kier molecular flexibility index (Phi) is 6.49. The highest BCUT2D eigenvalue weighted by molar-refractivity contribution is 8.18. The first kappa shape index (κ1) is 20.8. The Bertz CT molecular complexity index is 952. The Morgan fingerprint density at radius 3 is 2.38 bits per heavy atom. The van der Waals surface area contributed by atoms with E-state index in [0.717, 1.165) is 22.9 Å². The number of carbonyl (C=O) groups is 2. The van der Waals surface area contributed by atoms with Crippen LogP contribution in [0.15, 0.2) is 41.3 Å². The van der Waals surface area contributed by atoms with Crippen molar-refractivity contribution < 1.29 is 23.8 Å². The van der Waals surface area contributed by atoms with Gasteiger partial charge in [0.2, 0.25) is 0 Å². The van der Waals surface area contributed by atoms with Crippen LogP contribution in [-0.2, 0) is 4.79 Å². The molecule has 7 heteroatoms. The molecule has 2 aromatic rings. The first-order chi connectivity index (χ1) is 13.9. The van der Waals surface area contributed by atoms with Gasteiger partial charge in [-0.1, -0.05) is 17.7 Å². The number of nitrogens with zero attached hydrogens (tertiary/aromatic N) is 1. The van der Waals surface area contributed by atoms with Crippen molar-refractivity contribution in [3.05, 3.63) is 58.0 Å². The molecule has 152 valence electrons. The van der Waals surface area contributed by atoms with E-state index >= 15 is 0 Å². The van der Waals surface area contributed by atoms with Crippen LogP contribution < -0.4 is 14.2 Å². The van der Waals surface area contributed by atoms with Gasteiger partial charge in [-0.05, 0) is 56.0 Å². The van der Waals surface area contributed by atoms with Crippen LogP contribution in [0.2, 0.25) is 0 Å². The van der Waals surface area contributed by atoms with E-state index in [4.69, 9.17) is 14.2 Å². The molecule has 29 heavy (non-hydrogen) atoms. The van der Waals surface area contributed by atoms with Gasteiger partial charge < -0.3 is 14.2 Å². The number of methoxy groups -OCH3 is 2. The molecule has 1 fully saturated rings. The number of carbonyl (C=O) groups excluding carboxylic acids is 2. The molecule has 1 saturated heterocycles. The monoisotopic (exact) mass is 413 g/mol. The van der Waals surface area contributed by atoms with Crippen molar-refractivity contribution in [2.24, 2.45) is 0 Å². The number of ether oxygens (including phenoxy) is 3. The number of aryl methyl sites for hydroxylation is 1. The average molecular weight is 413 g/mol. The minimum atomic E-state index is -0.331. The second-order valence-corrected chi connectivity index (χ2v) is 7.50. The summed E-state index contributed by atoms with van der Waals surface area (Å²) >= 11 is 0.916. The lowest BCUT2D eigenvalue weighted by Crippen LogP contribution is -2.32. The van der Waals surface area contributed by atoms with E-state index in [1.807, 2.05) is 44.2 Å². The van der Waals surface area contributed by atoms with Crippen molar-refractivity contribution in [1.82, 2.24) is 4.90 Å². The summed E-state index contributed by atoms with van der Waals surface area (Å²) in [6.07, 6.45) is 1.68. The average Bonchev–Trinajstić information content (AvgIpc) is 2.97. The molecule has 0 bridgehead atoms. The molecule has 0 spiro atoms. The molecule has 1 aliphatic rings. The van der Waals surface area contributed by atoms with Crippen LogP contribution in [0.4, 0.5) is 4.79 Å². The maximum Gasteiger partial charge on any atom is 0.293 e. The van der Waals surface area contributed by atoms with Gasteiger partial charge in [0.25, 0.3) is 11.1 Å². The Balaban J connectivity index is 1.71. The third-order valence-corrected chi connectivity index (χ3v) is 5.48. The smallest absolute Gasteiger partial charge is 0.293 e. The van der Waals surface area contributed by atoms with Gasteiger partial charge >= 0.3 is 0 Å². The van der Waals surface area contributed by atoms with E-state index < -0.39 is 0 Å². The predicted molar refractivity (Wildman–Crippen MR) is 114 cm³/mol. The van der Waals surface area contributed by atoms with Crippen LogP contribution in [0.5, 0.6) is 17.2 Å². The van der Waals surface area contributed by atoms with Crippen LogP contribution in [0.1, 0.15) is 16.7 Å². The maximum absolute atomic E-state index is 12.7. The summed E-state index contributed by atoms with van der Waals surface area (Å²) in [5.74, 6) is 1.68. The Morgan fingerprint density at radius 2 is 1.72 bits per heavy atom. The molecule has 0 aliphatic carbocycles. The predicted octanol–water partition coefficient (Wildman–Crippen LogP) is 4.44. The highest BCUT2D eigenvalue weighted by Crippen LogP contribution is 2.37. The third kappa shape index (κ3) is 4.56. The topological polar surface area (TPSA) is 65.1 Å². The number of benzene rings is 2. The molecule has 1 aliphatic heterocycles. The van der Waals surface area contributed by atoms with Crippen molar-refractivity contribution in [2.75, 3.05) is 27.4 Å². The van der Waals surface area contributed by atoms with E-state index in [1.165, 1.54) is 4.90 Å². The second-order valence-electron chi connectivity index (χ2n) is 6.51. The second kappa shape index (κ2) is 9.05. The van der Waals surface area contributed by atoms with Crippen molar-refractivity contribution in [3.63, 3.8) is 0 Å². The number of imide groups is 1. The highest BCUT2D eigenvalue weighted by Gasteiger charge is 2.35. The molecule has 0 unspecified atom stereocenters. The largest absolute Gasteiger partial charge is 0.496 e. The Labute approximate surface area is 174 Å². The minimum Gasteiger partial charge on any atom is -0.496 e. The zero-order chi connectivity index (χ0) is 21.0. The molecule has 3 rings (SSSR count). The zero-order valence-corrected chi connectivity index (χ0v) is 17.7. The number of hydrogen-bond acceptors (Lipinski definition) is 6. The molecule has 0 N–H and O–H groups in total. The third-order valence-electron chi connectivity index (χ3n) is 4.58. The normalized spacial score (nSPS) is 15.2. The first-order valence-electron chi connectivity index (χ1n) is 9.11. The summed E-state index contributed by atoms with van der Waals surface area (Å²) in [6, 6.07) is 11.2. The fourth-order valence-corrected chi connectivity index (χ4v) is 3.88. The maximum atomic E-state index is 12.7. The van der Waals surface area contributed by atoms with Gasteiger partial charge in [0, 0.05) is 11.1 Å². The molecular formula is C22H23NO5S. The van der Waals surface area contributed by atoms with Gasteiger partial charge in [-0.2, -0.15) is 0 Å². The molecule has 2 aromatic carbocycles. The molecular weight excluding hydrogens is 390 g/mol. The number of hydrogen-bond donors (Lipinski definition) is 0. The Hall–Kier alpha value is -2.93. The summed E-state index contributed by atoms with van der Waals surface area (Å²) in [7, 11) is 3.15. The summed E-state index contributed by atoms with van der Waals surface area (Å²) in [6.45, 7) is 4.30. The fourth-order valence-electron chi connectivity index (χ4n) is 3.02. The van der Waals surface area contributed by atoms with Crippen LogP contribution >= 0.6 is 11.8 Å². The van der Waals surface area contributed by atoms with E-state index in [0.29, 0.717) is 27.7 Å². The SMILES string of the molecule is COc1ccc(/C=C2\SC(=O)N(CCOc3ccc(C)cc3)C2=O)c(OC)c1C. The summed E-state index contributed by atoms with van der Waals surface area (Å²) in [5, 5.41) is -0.307. The standard InChI is InChI=1S/C22H23NO5S/c1-14-5-8-17(9-6-14)28-12-11-23-21(24)19(29-22(23)25)13-16-7-10-18(26-3)15(2)20(16)27-4/h5-10,13H,11-12H2,1-4H3/b19-13-. The molecule has 2 amide bonds. The number of amides is 2. The van der Waals surface area contributed by atoms with E-state index in [-0.39, 0.29) is 24.3 Å². The highest BCUT2D eigenvalue weighted by atomic mass is 32.2. The fraction of sp³-hybridized carbons (Fsp3) is 0.273. The van der Waals surface area contributed by atoms with Crippen LogP contribution in [-0.4, -0.2) is 43.4 Å². The minimum absolute atomic E-state index is 0.189.